The molecular formula is C15H21BrClFN2O2. The fraction of sp³-hybridized carbons (Fsp3) is 0.533. The summed E-state index contributed by atoms with van der Waals surface area (Å²) in [6.45, 7) is 1.68. The summed E-state index contributed by atoms with van der Waals surface area (Å²) >= 11 is 3.22. The van der Waals surface area contributed by atoms with Crippen LogP contribution in [-0.2, 0) is 4.79 Å². The Bertz CT molecular complexity index is 510. The second kappa shape index (κ2) is 8.70. The highest BCUT2D eigenvalue weighted by atomic mass is 79.9. The SMILES string of the molecule is CC(Oc1ccc(F)cc1Br)C(=O)NC1CCC(N)CC1.Cl. The van der Waals surface area contributed by atoms with Crippen molar-refractivity contribution in [1.82, 2.24) is 5.32 Å². The van der Waals surface area contributed by atoms with Crippen LogP contribution in [0, 0.1) is 5.82 Å². The summed E-state index contributed by atoms with van der Waals surface area (Å²) in [5, 5.41) is 2.98. The van der Waals surface area contributed by atoms with Crippen molar-refractivity contribution >= 4 is 34.2 Å². The van der Waals surface area contributed by atoms with Crippen LogP contribution >= 0.6 is 28.3 Å². The zero-order chi connectivity index (χ0) is 15.4. The minimum Gasteiger partial charge on any atom is -0.480 e. The van der Waals surface area contributed by atoms with Gasteiger partial charge in [-0.1, -0.05) is 0 Å². The van der Waals surface area contributed by atoms with Crippen molar-refractivity contribution < 1.29 is 13.9 Å². The lowest BCUT2D eigenvalue weighted by atomic mass is 9.92. The van der Waals surface area contributed by atoms with Crippen molar-refractivity contribution in [3.8, 4) is 5.75 Å². The molecule has 1 atom stereocenters. The summed E-state index contributed by atoms with van der Waals surface area (Å²) in [7, 11) is 0. The van der Waals surface area contributed by atoms with Gasteiger partial charge in [-0.25, -0.2) is 4.39 Å². The minimum atomic E-state index is -0.637. The van der Waals surface area contributed by atoms with E-state index in [-0.39, 0.29) is 36.2 Å². The van der Waals surface area contributed by atoms with E-state index in [1.165, 1.54) is 18.2 Å². The number of ether oxygens (including phenoxy) is 1. The molecule has 0 aromatic heterocycles. The Morgan fingerprint density at radius 3 is 2.64 bits per heavy atom. The second-order valence-corrected chi connectivity index (χ2v) is 6.31. The molecule has 1 unspecified atom stereocenters. The molecule has 0 heterocycles. The molecule has 1 aliphatic rings. The van der Waals surface area contributed by atoms with Gasteiger partial charge in [0.15, 0.2) is 6.10 Å². The zero-order valence-electron chi connectivity index (χ0n) is 12.4. The third kappa shape index (κ3) is 5.41. The molecule has 1 aromatic rings. The average Bonchev–Trinajstić information content (AvgIpc) is 2.44. The van der Waals surface area contributed by atoms with E-state index in [4.69, 9.17) is 10.5 Å². The van der Waals surface area contributed by atoms with E-state index in [1.54, 1.807) is 6.92 Å². The van der Waals surface area contributed by atoms with Gasteiger partial charge in [0, 0.05) is 12.1 Å². The van der Waals surface area contributed by atoms with Gasteiger partial charge >= 0.3 is 0 Å². The van der Waals surface area contributed by atoms with E-state index in [1.807, 2.05) is 0 Å². The Morgan fingerprint density at radius 1 is 1.41 bits per heavy atom. The lowest BCUT2D eigenvalue weighted by molar-refractivity contribution is -0.128. The molecule has 0 aliphatic heterocycles. The third-order valence-electron chi connectivity index (χ3n) is 3.69. The third-order valence-corrected chi connectivity index (χ3v) is 4.30. The van der Waals surface area contributed by atoms with Gasteiger partial charge in [-0.3, -0.25) is 4.79 Å². The Kier molecular flexibility index (Phi) is 7.59. The molecule has 1 aliphatic carbocycles. The predicted molar refractivity (Wildman–Crippen MR) is 89.8 cm³/mol. The summed E-state index contributed by atoms with van der Waals surface area (Å²) in [4.78, 5) is 12.1. The van der Waals surface area contributed by atoms with Gasteiger partial charge in [0.2, 0.25) is 0 Å². The number of carbonyl (C=O) groups excluding carboxylic acids is 1. The number of hydrogen-bond donors (Lipinski definition) is 2. The van der Waals surface area contributed by atoms with Gasteiger partial charge in [-0.15, -0.1) is 12.4 Å². The maximum atomic E-state index is 13.0. The van der Waals surface area contributed by atoms with Crippen LogP contribution in [0.25, 0.3) is 0 Å². The van der Waals surface area contributed by atoms with Crippen molar-refractivity contribution in [2.75, 3.05) is 0 Å². The molecule has 1 amide bonds. The molecule has 0 radical (unpaired) electrons. The van der Waals surface area contributed by atoms with Crippen LogP contribution in [0.4, 0.5) is 4.39 Å². The summed E-state index contributed by atoms with van der Waals surface area (Å²) < 4.78 is 19.1. The zero-order valence-corrected chi connectivity index (χ0v) is 14.8. The van der Waals surface area contributed by atoms with Crippen LogP contribution in [0.15, 0.2) is 22.7 Å². The number of carbonyl (C=O) groups is 1. The highest BCUT2D eigenvalue weighted by Crippen LogP contribution is 2.26. The number of nitrogens with one attached hydrogen (secondary N) is 1. The van der Waals surface area contributed by atoms with E-state index in [2.05, 4.69) is 21.2 Å². The lowest BCUT2D eigenvalue weighted by Crippen LogP contribution is -2.45. The van der Waals surface area contributed by atoms with Gasteiger partial charge in [-0.05, 0) is 66.7 Å². The fourth-order valence-corrected chi connectivity index (χ4v) is 2.84. The fourth-order valence-electron chi connectivity index (χ4n) is 2.40. The summed E-state index contributed by atoms with van der Waals surface area (Å²) in [6.07, 6.45) is 3.04. The first kappa shape index (κ1) is 19.2. The van der Waals surface area contributed by atoms with Crippen LogP contribution in [0.2, 0.25) is 0 Å². The second-order valence-electron chi connectivity index (χ2n) is 5.46. The van der Waals surface area contributed by atoms with Crippen molar-refractivity contribution in [2.45, 2.75) is 50.8 Å². The van der Waals surface area contributed by atoms with E-state index < -0.39 is 6.10 Å². The Labute approximate surface area is 144 Å². The number of hydrogen-bond acceptors (Lipinski definition) is 3. The van der Waals surface area contributed by atoms with Crippen LogP contribution < -0.4 is 15.8 Å². The van der Waals surface area contributed by atoms with Gasteiger partial charge in [0.05, 0.1) is 4.47 Å². The molecule has 22 heavy (non-hydrogen) atoms. The number of amides is 1. The van der Waals surface area contributed by atoms with Crippen molar-refractivity contribution in [2.24, 2.45) is 5.73 Å². The van der Waals surface area contributed by atoms with E-state index in [0.29, 0.717) is 10.2 Å². The lowest BCUT2D eigenvalue weighted by Gasteiger charge is -2.28. The molecule has 0 bridgehead atoms. The molecule has 2 rings (SSSR count). The predicted octanol–water partition coefficient (Wildman–Crippen LogP) is 3.16. The van der Waals surface area contributed by atoms with Gasteiger partial charge in [0.25, 0.3) is 5.91 Å². The van der Waals surface area contributed by atoms with E-state index in [0.717, 1.165) is 25.7 Å². The number of nitrogens with two attached hydrogens (primary N) is 1. The van der Waals surface area contributed by atoms with Crippen molar-refractivity contribution in [1.29, 1.82) is 0 Å². The van der Waals surface area contributed by atoms with Crippen LogP contribution in [0.3, 0.4) is 0 Å². The monoisotopic (exact) mass is 394 g/mol. The molecule has 0 spiro atoms. The van der Waals surface area contributed by atoms with E-state index >= 15 is 0 Å². The van der Waals surface area contributed by atoms with Crippen molar-refractivity contribution in [3.05, 3.63) is 28.5 Å². The minimum absolute atomic E-state index is 0. The molecule has 124 valence electrons. The first-order chi connectivity index (χ1) is 9.95. The molecular weight excluding hydrogens is 375 g/mol. The Hall–Kier alpha value is -0.850. The molecule has 4 nitrogen and oxygen atoms in total. The molecule has 3 N–H and O–H groups in total. The summed E-state index contributed by atoms with van der Waals surface area (Å²) in [5.41, 5.74) is 5.85. The number of benzene rings is 1. The van der Waals surface area contributed by atoms with Gasteiger partial charge in [0.1, 0.15) is 11.6 Å². The first-order valence-corrected chi connectivity index (χ1v) is 7.92. The molecule has 7 heteroatoms. The normalized spacial score (nSPS) is 22.4. The summed E-state index contributed by atoms with van der Waals surface area (Å²) in [6, 6.07) is 4.53. The highest BCUT2D eigenvalue weighted by molar-refractivity contribution is 9.10. The topological polar surface area (TPSA) is 64.3 Å². The molecule has 1 aromatic carbocycles. The van der Waals surface area contributed by atoms with E-state index in [9.17, 15) is 9.18 Å². The summed E-state index contributed by atoms with van der Waals surface area (Å²) in [5.74, 6) is -0.0683. The standard InChI is InChI=1S/C15H20BrFN2O2.ClH/c1-9(21-14-7-2-10(17)8-13(14)16)15(20)19-12-5-3-11(18)4-6-12;/h2,7-9,11-12H,3-6,18H2,1H3,(H,19,20);1H. The largest absolute Gasteiger partial charge is 0.480 e. The molecule has 1 fully saturated rings. The van der Waals surface area contributed by atoms with Crippen LogP contribution in [0.5, 0.6) is 5.75 Å². The first-order valence-electron chi connectivity index (χ1n) is 7.13. The van der Waals surface area contributed by atoms with Crippen LogP contribution in [0.1, 0.15) is 32.6 Å². The van der Waals surface area contributed by atoms with Crippen molar-refractivity contribution in [3.63, 3.8) is 0 Å². The quantitative estimate of drug-likeness (QED) is 0.823. The highest BCUT2D eigenvalue weighted by Gasteiger charge is 2.23. The maximum Gasteiger partial charge on any atom is 0.260 e. The number of rotatable bonds is 4. The maximum absolute atomic E-state index is 13.0. The molecule has 0 saturated heterocycles. The Morgan fingerprint density at radius 2 is 2.05 bits per heavy atom. The average molecular weight is 396 g/mol. The smallest absolute Gasteiger partial charge is 0.260 e. The van der Waals surface area contributed by atoms with Crippen LogP contribution in [-0.4, -0.2) is 24.1 Å². The van der Waals surface area contributed by atoms with Gasteiger partial charge in [-0.2, -0.15) is 0 Å². The molecule has 1 saturated carbocycles. The number of halogens is 3. The Balaban J connectivity index is 0.00000242. The van der Waals surface area contributed by atoms with Gasteiger partial charge < -0.3 is 15.8 Å².